The first-order valence-electron chi connectivity index (χ1n) is 8.04. The summed E-state index contributed by atoms with van der Waals surface area (Å²) in [7, 11) is -3.37. The number of anilines is 1. The van der Waals surface area contributed by atoms with E-state index in [4.69, 9.17) is 0 Å². The molecule has 0 radical (unpaired) electrons. The smallest absolute Gasteiger partial charge is 0.254 e. The third-order valence-corrected chi connectivity index (χ3v) is 4.66. The van der Waals surface area contributed by atoms with Crippen LogP contribution in [0.15, 0.2) is 60.7 Å². The maximum absolute atomic E-state index is 12.7. The van der Waals surface area contributed by atoms with Crippen LogP contribution in [0.1, 0.15) is 22.3 Å². The predicted molar refractivity (Wildman–Crippen MR) is 99.8 cm³/mol. The second-order valence-electron chi connectivity index (χ2n) is 6.05. The van der Waals surface area contributed by atoms with Gasteiger partial charge in [0.05, 0.1) is 6.26 Å². The number of sulfonamides is 1. The number of nitrogens with zero attached hydrogens (tertiary/aromatic N) is 1. The summed E-state index contributed by atoms with van der Waals surface area (Å²) in [5.74, 6) is -0.0967. The van der Waals surface area contributed by atoms with Crippen molar-refractivity contribution in [1.82, 2.24) is 4.90 Å². The molecule has 0 bridgehead atoms. The molecule has 0 aliphatic carbocycles. The third-order valence-electron chi connectivity index (χ3n) is 4.05. The van der Waals surface area contributed by atoms with Crippen LogP contribution in [-0.4, -0.2) is 38.6 Å². The molecular weight excluding hydrogens is 336 g/mol. The van der Waals surface area contributed by atoms with Gasteiger partial charge in [0.25, 0.3) is 5.91 Å². The topological polar surface area (TPSA) is 66.5 Å². The van der Waals surface area contributed by atoms with Crippen molar-refractivity contribution in [3.63, 3.8) is 0 Å². The summed E-state index contributed by atoms with van der Waals surface area (Å²) < 4.78 is 25.1. The van der Waals surface area contributed by atoms with E-state index in [1.54, 1.807) is 29.2 Å². The molecule has 25 heavy (non-hydrogen) atoms. The molecule has 0 aromatic heterocycles. The standard InChI is InChI=1S/C19H20N2O3S/c1-25(23,24)20-18-9-5-8-17(14-18)19(22)21-12-10-16(11-13-21)15-6-3-2-4-7-15/h2-10,14,20H,11-13H2,1H3. The van der Waals surface area contributed by atoms with Crippen LogP contribution in [0.5, 0.6) is 0 Å². The highest BCUT2D eigenvalue weighted by atomic mass is 32.2. The number of amides is 1. The highest BCUT2D eigenvalue weighted by Crippen LogP contribution is 2.23. The van der Waals surface area contributed by atoms with Crippen molar-refractivity contribution in [3.8, 4) is 0 Å². The van der Waals surface area contributed by atoms with E-state index >= 15 is 0 Å². The molecule has 1 heterocycles. The van der Waals surface area contributed by atoms with Gasteiger partial charge in [-0.15, -0.1) is 0 Å². The van der Waals surface area contributed by atoms with Crippen molar-refractivity contribution in [1.29, 1.82) is 0 Å². The number of hydrogen-bond donors (Lipinski definition) is 1. The van der Waals surface area contributed by atoms with Crippen LogP contribution in [-0.2, 0) is 10.0 Å². The number of hydrogen-bond acceptors (Lipinski definition) is 3. The van der Waals surface area contributed by atoms with E-state index in [2.05, 4.69) is 22.9 Å². The molecule has 0 saturated carbocycles. The fraction of sp³-hybridized carbons (Fsp3) is 0.211. The van der Waals surface area contributed by atoms with Gasteiger partial charge in [-0.05, 0) is 35.8 Å². The molecule has 3 rings (SSSR count). The van der Waals surface area contributed by atoms with Crippen LogP contribution in [0.4, 0.5) is 5.69 Å². The molecule has 5 nitrogen and oxygen atoms in total. The Kier molecular flexibility index (Phi) is 4.90. The average molecular weight is 356 g/mol. The van der Waals surface area contributed by atoms with E-state index < -0.39 is 10.0 Å². The Morgan fingerprint density at radius 2 is 1.84 bits per heavy atom. The lowest BCUT2D eigenvalue weighted by atomic mass is 9.99. The Balaban J connectivity index is 1.73. The molecule has 2 aromatic carbocycles. The molecular formula is C19H20N2O3S. The lowest BCUT2D eigenvalue weighted by molar-refractivity contribution is 0.0773. The second kappa shape index (κ2) is 7.11. The summed E-state index contributed by atoms with van der Waals surface area (Å²) in [4.78, 5) is 14.5. The van der Waals surface area contributed by atoms with Gasteiger partial charge in [-0.3, -0.25) is 9.52 Å². The molecule has 0 fully saturated rings. The van der Waals surface area contributed by atoms with Crippen molar-refractivity contribution in [2.24, 2.45) is 0 Å². The number of nitrogens with one attached hydrogen (secondary N) is 1. The maximum Gasteiger partial charge on any atom is 0.254 e. The van der Waals surface area contributed by atoms with E-state index in [-0.39, 0.29) is 5.91 Å². The Hall–Kier alpha value is -2.60. The normalized spacial score (nSPS) is 14.8. The Bertz CT molecular complexity index is 905. The summed E-state index contributed by atoms with van der Waals surface area (Å²) in [6.07, 6.45) is 3.97. The average Bonchev–Trinajstić information content (AvgIpc) is 2.61. The first kappa shape index (κ1) is 17.2. The van der Waals surface area contributed by atoms with Crippen LogP contribution >= 0.6 is 0 Å². The van der Waals surface area contributed by atoms with Gasteiger partial charge in [-0.25, -0.2) is 8.42 Å². The number of carbonyl (C=O) groups is 1. The monoisotopic (exact) mass is 356 g/mol. The number of rotatable bonds is 4. The van der Waals surface area contributed by atoms with E-state index in [1.165, 1.54) is 11.1 Å². The number of carbonyl (C=O) groups excluding carboxylic acids is 1. The largest absolute Gasteiger partial charge is 0.335 e. The van der Waals surface area contributed by atoms with Gasteiger partial charge in [0.15, 0.2) is 0 Å². The predicted octanol–water partition coefficient (Wildman–Crippen LogP) is 2.99. The SMILES string of the molecule is CS(=O)(=O)Nc1cccc(C(=O)N2CC=C(c3ccccc3)CC2)c1. The summed E-state index contributed by atoms with van der Waals surface area (Å²) >= 11 is 0. The van der Waals surface area contributed by atoms with Gasteiger partial charge in [0, 0.05) is 24.3 Å². The molecule has 1 aliphatic rings. The van der Waals surface area contributed by atoms with E-state index in [0.717, 1.165) is 12.7 Å². The van der Waals surface area contributed by atoms with Crippen molar-refractivity contribution in [3.05, 3.63) is 71.8 Å². The quantitative estimate of drug-likeness (QED) is 0.916. The maximum atomic E-state index is 12.7. The molecule has 0 saturated heterocycles. The highest BCUT2D eigenvalue weighted by molar-refractivity contribution is 7.92. The minimum absolute atomic E-state index is 0.0967. The van der Waals surface area contributed by atoms with E-state index in [9.17, 15) is 13.2 Å². The van der Waals surface area contributed by atoms with Crippen LogP contribution < -0.4 is 4.72 Å². The number of benzene rings is 2. The molecule has 2 aromatic rings. The van der Waals surface area contributed by atoms with Crippen molar-refractivity contribution in [2.45, 2.75) is 6.42 Å². The van der Waals surface area contributed by atoms with Crippen LogP contribution in [0.2, 0.25) is 0 Å². The molecule has 1 amide bonds. The third kappa shape index (κ3) is 4.48. The zero-order chi connectivity index (χ0) is 17.9. The zero-order valence-electron chi connectivity index (χ0n) is 14.0. The molecule has 6 heteroatoms. The first-order chi connectivity index (χ1) is 11.9. The van der Waals surface area contributed by atoms with Crippen molar-refractivity contribution < 1.29 is 13.2 Å². The molecule has 1 N–H and O–H groups in total. The summed E-state index contributed by atoms with van der Waals surface area (Å²) in [5, 5.41) is 0. The summed E-state index contributed by atoms with van der Waals surface area (Å²) in [6.45, 7) is 1.19. The van der Waals surface area contributed by atoms with Gasteiger partial charge in [0.1, 0.15) is 0 Å². The first-order valence-corrected chi connectivity index (χ1v) is 9.93. The van der Waals surface area contributed by atoms with Gasteiger partial charge in [-0.1, -0.05) is 42.5 Å². The molecule has 130 valence electrons. The van der Waals surface area contributed by atoms with E-state index in [0.29, 0.717) is 24.3 Å². The minimum atomic E-state index is -3.37. The Labute approximate surface area is 148 Å². The molecule has 1 aliphatic heterocycles. The minimum Gasteiger partial charge on any atom is -0.335 e. The van der Waals surface area contributed by atoms with Crippen molar-refractivity contribution >= 4 is 27.2 Å². The van der Waals surface area contributed by atoms with Gasteiger partial charge in [-0.2, -0.15) is 0 Å². The second-order valence-corrected chi connectivity index (χ2v) is 7.80. The summed E-state index contributed by atoms with van der Waals surface area (Å²) in [6, 6.07) is 16.7. The molecule has 0 atom stereocenters. The zero-order valence-corrected chi connectivity index (χ0v) is 14.8. The van der Waals surface area contributed by atoms with Gasteiger partial charge >= 0.3 is 0 Å². The fourth-order valence-electron chi connectivity index (χ4n) is 2.88. The van der Waals surface area contributed by atoms with Crippen LogP contribution in [0, 0.1) is 0 Å². The van der Waals surface area contributed by atoms with Gasteiger partial charge < -0.3 is 4.90 Å². The summed E-state index contributed by atoms with van der Waals surface area (Å²) in [5.41, 5.74) is 3.31. The fourth-order valence-corrected chi connectivity index (χ4v) is 3.44. The van der Waals surface area contributed by atoms with Gasteiger partial charge in [0.2, 0.25) is 10.0 Å². The van der Waals surface area contributed by atoms with Crippen LogP contribution in [0.25, 0.3) is 5.57 Å². The van der Waals surface area contributed by atoms with Crippen LogP contribution in [0.3, 0.4) is 0 Å². The lowest BCUT2D eigenvalue weighted by Crippen LogP contribution is -2.34. The Morgan fingerprint density at radius 1 is 1.08 bits per heavy atom. The lowest BCUT2D eigenvalue weighted by Gasteiger charge is -2.27. The highest BCUT2D eigenvalue weighted by Gasteiger charge is 2.19. The molecule has 0 spiro atoms. The molecule has 0 unspecified atom stereocenters. The van der Waals surface area contributed by atoms with Crippen molar-refractivity contribution in [2.75, 3.05) is 24.1 Å². The Morgan fingerprint density at radius 3 is 2.48 bits per heavy atom. The van der Waals surface area contributed by atoms with E-state index in [1.807, 2.05) is 18.2 Å².